The van der Waals surface area contributed by atoms with Crippen LogP contribution in [0.1, 0.15) is 41.1 Å². The quantitative estimate of drug-likeness (QED) is 0.431. The zero-order valence-corrected chi connectivity index (χ0v) is 21.6. The van der Waals surface area contributed by atoms with Crippen LogP contribution in [0.15, 0.2) is 77.8 Å². The summed E-state index contributed by atoms with van der Waals surface area (Å²) in [6, 6.07) is 20.3. The van der Waals surface area contributed by atoms with Crippen molar-refractivity contribution in [1.82, 2.24) is 14.8 Å². The number of amides is 3. The normalized spacial score (nSPS) is 17.1. The molecule has 0 fully saturated rings. The van der Waals surface area contributed by atoms with Gasteiger partial charge in [-0.25, -0.2) is 9.79 Å². The predicted octanol–water partition coefficient (Wildman–Crippen LogP) is 4.98. The molecule has 9 nitrogen and oxygen atoms in total. The third-order valence-corrected chi connectivity index (χ3v) is 6.42. The smallest absolute Gasteiger partial charge is 0.344 e. The number of rotatable bonds is 9. The van der Waals surface area contributed by atoms with Gasteiger partial charge in [0.15, 0.2) is 0 Å². The molecular weight excluding hydrogens is 484 g/mol. The van der Waals surface area contributed by atoms with Gasteiger partial charge in [0.25, 0.3) is 5.91 Å². The summed E-state index contributed by atoms with van der Waals surface area (Å²) >= 11 is 0. The molecule has 0 saturated heterocycles. The van der Waals surface area contributed by atoms with E-state index in [1.165, 1.54) is 4.90 Å². The minimum Gasteiger partial charge on any atom is -0.481 e. The highest BCUT2D eigenvalue weighted by Crippen LogP contribution is 2.33. The molecule has 0 bridgehead atoms. The number of carboxylic acids is 1. The van der Waals surface area contributed by atoms with E-state index in [2.05, 4.69) is 9.98 Å². The number of nitrogens with zero attached hydrogens (tertiary/aromatic N) is 4. The summed E-state index contributed by atoms with van der Waals surface area (Å²) in [6.45, 7) is 3.95. The van der Waals surface area contributed by atoms with Gasteiger partial charge < -0.3 is 19.6 Å². The second-order valence-corrected chi connectivity index (χ2v) is 9.21. The van der Waals surface area contributed by atoms with Gasteiger partial charge in [0, 0.05) is 37.1 Å². The molecule has 38 heavy (non-hydrogen) atoms. The summed E-state index contributed by atoms with van der Waals surface area (Å²) in [4.78, 5) is 49.5. The van der Waals surface area contributed by atoms with Crippen molar-refractivity contribution in [3.05, 3.63) is 89.7 Å². The molecule has 1 aromatic heterocycles. The lowest BCUT2D eigenvalue weighted by Gasteiger charge is -2.37. The second kappa shape index (κ2) is 11.7. The van der Waals surface area contributed by atoms with Crippen molar-refractivity contribution < 1.29 is 24.2 Å². The van der Waals surface area contributed by atoms with E-state index in [-0.39, 0.29) is 18.2 Å². The number of carbonyl (C=O) groups excluding carboxylic acids is 2. The number of benzene rings is 2. The third-order valence-electron chi connectivity index (χ3n) is 6.42. The van der Waals surface area contributed by atoms with Crippen LogP contribution in [0.4, 0.5) is 4.79 Å². The Morgan fingerprint density at radius 1 is 0.974 bits per heavy atom. The molecule has 3 aromatic rings. The zero-order chi connectivity index (χ0) is 27.2. The first-order valence-corrected chi connectivity index (χ1v) is 12.3. The average Bonchev–Trinajstić information content (AvgIpc) is 2.90. The molecule has 2 aromatic carbocycles. The maximum Gasteiger partial charge on any atom is 0.344 e. The first kappa shape index (κ1) is 26.5. The molecule has 3 amide bonds. The molecule has 1 aliphatic rings. The summed E-state index contributed by atoms with van der Waals surface area (Å²) in [5, 5.41) is 9.92. The van der Waals surface area contributed by atoms with Gasteiger partial charge in [-0.05, 0) is 68.8 Å². The van der Waals surface area contributed by atoms with Crippen molar-refractivity contribution in [2.24, 2.45) is 10.9 Å². The Labute approximate surface area is 221 Å². The molecule has 196 valence electrons. The Kier molecular flexibility index (Phi) is 8.15. The van der Waals surface area contributed by atoms with Crippen LogP contribution in [-0.4, -0.2) is 63.6 Å². The average molecular weight is 515 g/mol. The zero-order valence-electron chi connectivity index (χ0n) is 21.6. The predicted molar refractivity (Wildman–Crippen MR) is 143 cm³/mol. The number of aliphatic imine (C=N–C) groups is 1. The monoisotopic (exact) mass is 514 g/mol. The van der Waals surface area contributed by atoms with Gasteiger partial charge in [0.2, 0.25) is 0 Å². The van der Waals surface area contributed by atoms with E-state index in [1.54, 1.807) is 55.3 Å². The fourth-order valence-corrected chi connectivity index (χ4v) is 4.51. The van der Waals surface area contributed by atoms with E-state index in [0.717, 1.165) is 5.69 Å². The van der Waals surface area contributed by atoms with Gasteiger partial charge in [0.05, 0.1) is 11.7 Å². The van der Waals surface area contributed by atoms with Gasteiger partial charge in [-0.15, -0.1) is 0 Å². The SMILES string of the molecule is CC1=NC(=O)N(CCCN(C)C(=O)c2ccc(Oc3ccccc3)cc2)C(c2cccc(C)n2)C1C(=O)O. The Morgan fingerprint density at radius 2 is 1.66 bits per heavy atom. The summed E-state index contributed by atoms with van der Waals surface area (Å²) in [6.07, 6.45) is 0.437. The van der Waals surface area contributed by atoms with Crippen molar-refractivity contribution >= 4 is 23.6 Å². The number of para-hydroxylation sites is 1. The lowest BCUT2D eigenvalue weighted by atomic mass is 9.89. The molecule has 2 heterocycles. The lowest BCUT2D eigenvalue weighted by molar-refractivity contribution is -0.141. The van der Waals surface area contributed by atoms with E-state index >= 15 is 0 Å². The van der Waals surface area contributed by atoms with Gasteiger partial charge in [-0.1, -0.05) is 24.3 Å². The van der Waals surface area contributed by atoms with Crippen LogP contribution in [0.3, 0.4) is 0 Å². The van der Waals surface area contributed by atoms with Crippen LogP contribution in [0, 0.1) is 12.8 Å². The van der Waals surface area contributed by atoms with E-state index in [1.807, 2.05) is 43.3 Å². The Balaban J connectivity index is 1.41. The lowest BCUT2D eigenvalue weighted by Crippen LogP contribution is -2.47. The van der Waals surface area contributed by atoms with Crippen LogP contribution < -0.4 is 4.74 Å². The van der Waals surface area contributed by atoms with Crippen molar-refractivity contribution in [3.8, 4) is 11.5 Å². The minimum atomic E-state index is -1.07. The molecular formula is C29H30N4O5. The molecule has 0 spiro atoms. The van der Waals surface area contributed by atoms with E-state index in [4.69, 9.17) is 4.74 Å². The fraction of sp³-hybridized carbons (Fsp3) is 0.276. The molecule has 2 atom stereocenters. The van der Waals surface area contributed by atoms with Crippen molar-refractivity contribution in [1.29, 1.82) is 0 Å². The first-order valence-electron chi connectivity index (χ1n) is 12.3. The van der Waals surface area contributed by atoms with E-state index in [0.29, 0.717) is 35.7 Å². The summed E-state index contributed by atoms with van der Waals surface area (Å²) in [7, 11) is 1.69. The molecule has 2 unspecified atom stereocenters. The summed E-state index contributed by atoms with van der Waals surface area (Å²) in [5.74, 6) is -0.907. The minimum absolute atomic E-state index is 0.171. The first-order chi connectivity index (χ1) is 18.2. The van der Waals surface area contributed by atoms with Crippen molar-refractivity contribution in [3.63, 3.8) is 0 Å². The fourth-order valence-electron chi connectivity index (χ4n) is 4.51. The Hall–Kier alpha value is -4.53. The highest BCUT2D eigenvalue weighted by Gasteiger charge is 2.42. The number of carboxylic acid groups (broad SMARTS) is 1. The molecule has 4 rings (SSSR count). The maximum absolute atomic E-state index is 13.0. The number of hydrogen-bond acceptors (Lipinski definition) is 5. The number of aromatic nitrogens is 1. The number of aliphatic carboxylic acids is 1. The van der Waals surface area contributed by atoms with Gasteiger partial charge in [0.1, 0.15) is 17.4 Å². The van der Waals surface area contributed by atoms with Crippen molar-refractivity contribution in [2.75, 3.05) is 20.1 Å². The van der Waals surface area contributed by atoms with E-state index in [9.17, 15) is 19.5 Å². The highest BCUT2D eigenvalue weighted by molar-refractivity contribution is 6.07. The molecule has 9 heteroatoms. The molecule has 1 aliphatic heterocycles. The van der Waals surface area contributed by atoms with Crippen LogP contribution in [-0.2, 0) is 4.79 Å². The maximum atomic E-state index is 13.0. The number of carbonyl (C=O) groups is 3. The molecule has 1 N–H and O–H groups in total. The largest absolute Gasteiger partial charge is 0.481 e. The number of urea groups is 1. The number of ether oxygens (including phenoxy) is 1. The summed E-state index contributed by atoms with van der Waals surface area (Å²) < 4.78 is 5.78. The number of aryl methyl sites for hydroxylation is 1. The van der Waals surface area contributed by atoms with Crippen LogP contribution in [0.5, 0.6) is 11.5 Å². The molecule has 0 aliphatic carbocycles. The van der Waals surface area contributed by atoms with Gasteiger partial charge >= 0.3 is 12.0 Å². The highest BCUT2D eigenvalue weighted by atomic mass is 16.5. The van der Waals surface area contributed by atoms with Crippen LogP contribution in [0.25, 0.3) is 0 Å². The molecule has 0 radical (unpaired) electrons. The Morgan fingerprint density at radius 3 is 2.32 bits per heavy atom. The topological polar surface area (TPSA) is 112 Å². The Bertz CT molecular complexity index is 1340. The number of hydrogen-bond donors (Lipinski definition) is 1. The second-order valence-electron chi connectivity index (χ2n) is 9.21. The number of pyridine rings is 1. The van der Waals surface area contributed by atoms with Crippen LogP contribution >= 0.6 is 0 Å². The van der Waals surface area contributed by atoms with E-state index < -0.39 is 24.0 Å². The van der Waals surface area contributed by atoms with Gasteiger partial charge in [-0.3, -0.25) is 14.6 Å². The van der Waals surface area contributed by atoms with Crippen LogP contribution in [0.2, 0.25) is 0 Å². The van der Waals surface area contributed by atoms with Crippen molar-refractivity contribution in [2.45, 2.75) is 26.3 Å². The van der Waals surface area contributed by atoms with Gasteiger partial charge in [-0.2, -0.15) is 0 Å². The summed E-state index contributed by atoms with van der Waals surface area (Å²) in [5.41, 5.74) is 1.99. The standard InChI is InChI=1S/C29H30N4O5/c1-19-9-7-12-24(30-19)26-25(28(35)36)20(2)31-29(37)33(26)18-8-17-32(3)27(34)21-13-15-23(16-14-21)38-22-10-5-4-6-11-22/h4-7,9-16,25-26H,8,17-18H2,1-3H3,(H,35,36). The third kappa shape index (κ3) is 6.05. The molecule has 0 saturated carbocycles.